The molecule has 1 aromatic carbocycles. The summed E-state index contributed by atoms with van der Waals surface area (Å²) in [6.45, 7) is 4.18. The molecular formula is C19H27ClN4O4. The smallest absolute Gasteiger partial charge is 0.272 e. The van der Waals surface area contributed by atoms with Crippen molar-refractivity contribution >= 4 is 29.9 Å². The Hall–Kier alpha value is -2.19. The number of hydrogen-bond acceptors (Lipinski definition) is 5. The molecule has 0 aromatic heterocycles. The maximum absolute atomic E-state index is 13.0. The molecule has 154 valence electrons. The van der Waals surface area contributed by atoms with E-state index >= 15 is 0 Å². The van der Waals surface area contributed by atoms with Gasteiger partial charge in [0, 0.05) is 36.8 Å². The summed E-state index contributed by atoms with van der Waals surface area (Å²) in [7, 11) is 0. The third-order valence-corrected chi connectivity index (χ3v) is 5.70. The lowest BCUT2D eigenvalue weighted by Crippen LogP contribution is -2.50. The minimum absolute atomic E-state index is 0. The van der Waals surface area contributed by atoms with Crippen molar-refractivity contribution in [3.05, 3.63) is 39.4 Å². The molecular weight excluding hydrogens is 384 g/mol. The summed E-state index contributed by atoms with van der Waals surface area (Å²) in [6, 6.07) is 3.92. The second-order valence-electron chi connectivity index (χ2n) is 7.42. The summed E-state index contributed by atoms with van der Waals surface area (Å²) in [5.41, 5.74) is 6.54. The van der Waals surface area contributed by atoms with Crippen LogP contribution in [0.4, 0.5) is 5.69 Å². The molecule has 2 aliphatic rings. The number of nitrogens with zero attached hydrogens (tertiary/aromatic N) is 3. The fourth-order valence-corrected chi connectivity index (χ4v) is 4.03. The number of amides is 2. The van der Waals surface area contributed by atoms with Crippen LogP contribution in [0.1, 0.15) is 41.6 Å². The summed E-state index contributed by atoms with van der Waals surface area (Å²) in [5.74, 6) is 0.245. The van der Waals surface area contributed by atoms with Crippen LogP contribution in [-0.4, -0.2) is 58.8 Å². The maximum atomic E-state index is 13.0. The van der Waals surface area contributed by atoms with Crippen molar-refractivity contribution in [2.24, 2.45) is 11.7 Å². The minimum Gasteiger partial charge on any atom is -0.341 e. The highest BCUT2D eigenvalue weighted by Crippen LogP contribution is 2.26. The van der Waals surface area contributed by atoms with Gasteiger partial charge in [-0.1, -0.05) is 0 Å². The average molecular weight is 411 g/mol. The van der Waals surface area contributed by atoms with E-state index in [9.17, 15) is 19.7 Å². The zero-order valence-electron chi connectivity index (χ0n) is 16.0. The van der Waals surface area contributed by atoms with Gasteiger partial charge in [0.2, 0.25) is 5.91 Å². The van der Waals surface area contributed by atoms with Crippen molar-refractivity contribution in [2.45, 2.75) is 38.6 Å². The summed E-state index contributed by atoms with van der Waals surface area (Å²) in [6.07, 6.45) is 3.26. The van der Waals surface area contributed by atoms with Crippen molar-refractivity contribution < 1.29 is 14.5 Å². The summed E-state index contributed by atoms with van der Waals surface area (Å²) >= 11 is 0. The monoisotopic (exact) mass is 410 g/mol. The minimum atomic E-state index is -0.462. The highest BCUT2D eigenvalue weighted by molar-refractivity contribution is 5.98. The highest BCUT2D eigenvalue weighted by Gasteiger charge is 2.38. The van der Waals surface area contributed by atoms with Gasteiger partial charge in [-0.05, 0) is 57.2 Å². The van der Waals surface area contributed by atoms with Crippen molar-refractivity contribution in [3.8, 4) is 0 Å². The number of carbonyl (C=O) groups is 2. The molecule has 2 N–H and O–H groups in total. The van der Waals surface area contributed by atoms with Crippen LogP contribution in [0.25, 0.3) is 0 Å². The number of benzene rings is 1. The molecule has 0 saturated carbocycles. The maximum Gasteiger partial charge on any atom is 0.272 e. The normalized spacial score (nSPS) is 20.0. The Labute approximate surface area is 170 Å². The van der Waals surface area contributed by atoms with E-state index in [0.717, 1.165) is 19.3 Å². The molecule has 0 aliphatic carbocycles. The lowest BCUT2D eigenvalue weighted by molar-refractivity contribution is -0.385. The van der Waals surface area contributed by atoms with Crippen LogP contribution in [0.3, 0.4) is 0 Å². The van der Waals surface area contributed by atoms with E-state index in [-0.39, 0.29) is 29.9 Å². The Balaban J connectivity index is 0.00000280. The molecule has 8 nitrogen and oxygen atoms in total. The number of hydrogen-bond donors (Lipinski definition) is 1. The number of rotatable bonds is 4. The first-order chi connectivity index (χ1) is 12.9. The van der Waals surface area contributed by atoms with Crippen LogP contribution < -0.4 is 5.73 Å². The quantitative estimate of drug-likeness (QED) is 0.603. The summed E-state index contributed by atoms with van der Waals surface area (Å²) in [4.78, 5) is 39.9. The Kier molecular flexibility index (Phi) is 7.37. The zero-order valence-corrected chi connectivity index (χ0v) is 16.8. The molecule has 2 fully saturated rings. The Morgan fingerprint density at radius 2 is 1.89 bits per heavy atom. The molecule has 0 radical (unpaired) electrons. The lowest BCUT2D eigenvalue weighted by atomic mass is 9.96. The Morgan fingerprint density at radius 1 is 1.21 bits per heavy atom. The van der Waals surface area contributed by atoms with E-state index in [1.54, 1.807) is 11.8 Å². The van der Waals surface area contributed by atoms with Crippen LogP contribution >= 0.6 is 12.4 Å². The van der Waals surface area contributed by atoms with Gasteiger partial charge in [-0.3, -0.25) is 19.7 Å². The van der Waals surface area contributed by atoms with E-state index < -0.39 is 11.0 Å². The third kappa shape index (κ3) is 4.44. The standard InChI is InChI=1S/C19H26N4O4.ClH/c1-13-11-15(4-5-16(13)23(26)27)18(24)22-8-2-3-17(22)19(25)21-9-6-14(12-20)7-10-21;/h4-5,11,14,17H,2-3,6-10,12,20H2,1H3;1H. The van der Waals surface area contributed by atoms with Gasteiger partial charge >= 0.3 is 0 Å². The van der Waals surface area contributed by atoms with Crippen LogP contribution in [0.2, 0.25) is 0 Å². The second kappa shape index (κ2) is 9.34. The molecule has 1 aromatic rings. The predicted molar refractivity (Wildman–Crippen MR) is 107 cm³/mol. The van der Waals surface area contributed by atoms with Gasteiger partial charge in [-0.25, -0.2) is 0 Å². The first-order valence-electron chi connectivity index (χ1n) is 9.47. The SMILES string of the molecule is Cc1cc(C(=O)N2CCCC2C(=O)N2CCC(CN)CC2)ccc1[N+](=O)[O-].Cl. The molecule has 2 heterocycles. The van der Waals surface area contributed by atoms with Crippen molar-refractivity contribution in [3.63, 3.8) is 0 Å². The Morgan fingerprint density at radius 3 is 2.46 bits per heavy atom. The number of likely N-dealkylation sites (tertiary alicyclic amines) is 2. The van der Waals surface area contributed by atoms with Gasteiger partial charge in [0.05, 0.1) is 4.92 Å². The van der Waals surface area contributed by atoms with Gasteiger partial charge in [0.1, 0.15) is 6.04 Å². The summed E-state index contributed by atoms with van der Waals surface area (Å²) < 4.78 is 0. The molecule has 9 heteroatoms. The van der Waals surface area contributed by atoms with Gasteiger partial charge < -0.3 is 15.5 Å². The van der Waals surface area contributed by atoms with Gasteiger partial charge in [-0.2, -0.15) is 0 Å². The van der Waals surface area contributed by atoms with Gasteiger partial charge in [-0.15, -0.1) is 12.4 Å². The topological polar surface area (TPSA) is 110 Å². The molecule has 28 heavy (non-hydrogen) atoms. The van der Waals surface area contributed by atoms with Crippen molar-refractivity contribution in [1.29, 1.82) is 0 Å². The first kappa shape index (κ1) is 22.1. The number of nitro benzene ring substituents is 1. The molecule has 0 bridgehead atoms. The largest absolute Gasteiger partial charge is 0.341 e. The fraction of sp³-hybridized carbons (Fsp3) is 0.579. The number of piperidine rings is 1. The van der Waals surface area contributed by atoms with E-state index in [4.69, 9.17) is 5.73 Å². The average Bonchev–Trinajstić information content (AvgIpc) is 3.16. The molecule has 2 saturated heterocycles. The first-order valence-corrected chi connectivity index (χ1v) is 9.47. The zero-order chi connectivity index (χ0) is 19.6. The number of nitrogens with two attached hydrogens (primary N) is 1. The summed E-state index contributed by atoms with van der Waals surface area (Å²) in [5, 5.41) is 11.0. The highest BCUT2D eigenvalue weighted by atomic mass is 35.5. The van der Waals surface area contributed by atoms with Crippen LogP contribution in [0.5, 0.6) is 0 Å². The van der Waals surface area contributed by atoms with E-state index in [1.807, 2.05) is 4.90 Å². The fourth-order valence-electron chi connectivity index (χ4n) is 4.03. The lowest BCUT2D eigenvalue weighted by Gasteiger charge is -2.35. The number of nitro groups is 1. The molecule has 1 unspecified atom stereocenters. The molecule has 0 spiro atoms. The molecule has 2 aliphatic heterocycles. The van der Waals surface area contributed by atoms with Gasteiger partial charge in [0.25, 0.3) is 11.6 Å². The van der Waals surface area contributed by atoms with Crippen molar-refractivity contribution in [1.82, 2.24) is 9.80 Å². The number of carbonyl (C=O) groups excluding carboxylic acids is 2. The van der Waals surface area contributed by atoms with Crippen LogP contribution in [0, 0.1) is 23.0 Å². The number of halogens is 1. The van der Waals surface area contributed by atoms with E-state index in [0.29, 0.717) is 49.6 Å². The third-order valence-electron chi connectivity index (χ3n) is 5.70. The molecule has 2 amide bonds. The van der Waals surface area contributed by atoms with Crippen molar-refractivity contribution in [2.75, 3.05) is 26.2 Å². The van der Waals surface area contributed by atoms with Crippen LogP contribution in [-0.2, 0) is 4.79 Å². The molecule has 3 rings (SSSR count). The molecule has 1 atom stereocenters. The van der Waals surface area contributed by atoms with E-state index in [1.165, 1.54) is 18.2 Å². The number of aryl methyl sites for hydroxylation is 1. The predicted octanol–water partition coefficient (Wildman–Crippen LogP) is 2.13. The van der Waals surface area contributed by atoms with Crippen LogP contribution in [0.15, 0.2) is 18.2 Å². The Bertz CT molecular complexity index is 749. The van der Waals surface area contributed by atoms with Gasteiger partial charge in [0.15, 0.2) is 0 Å². The van der Waals surface area contributed by atoms with E-state index in [2.05, 4.69) is 0 Å². The second-order valence-corrected chi connectivity index (χ2v) is 7.42.